The van der Waals surface area contributed by atoms with Crippen molar-refractivity contribution in [3.63, 3.8) is 0 Å². The Balaban J connectivity index is 1.50. The monoisotopic (exact) mass is 484 g/mol. The molecule has 34 heavy (non-hydrogen) atoms. The molecule has 0 aliphatic rings. The first-order chi connectivity index (χ1) is 16.4. The number of carbonyl (C=O) groups excluding carboxylic acids is 1. The van der Waals surface area contributed by atoms with E-state index < -0.39 is 6.10 Å². The minimum atomic E-state index is -0.627. The third-order valence-electron chi connectivity index (χ3n) is 5.22. The Morgan fingerprint density at radius 3 is 2.88 bits per heavy atom. The van der Waals surface area contributed by atoms with Gasteiger partial charge in [-0.05, 0) is 36.8 Å². The van der Waals surface area contributed by atoms with Gasteiger partial charge in [-0.2, -0.15) is 10.2 Å². The molecule has 0 saturated carbocycles. The highest BCUT2D eigenvalue weighted by molar-refractivity contribution is 6.36. The molecule has 0 bridgehead atoms. The highest BCUT2D eigenvalue weighted by Crippen LogP contribution is 2.32. The van der Waals surface area contributed by atoms with E-state index in [2.05, 4.69) is 25.6 Å². The van der Waals surface area contributed by atoms with Crippen molar-refractivity contribution < 1.29 is 19.4 Å². The van der Waals surface area contributed by atoms with Gasteiger partial charge in [0.15, 0.2) is 23.9 Å². The van der Waals surface area contributed by atoms with Crippen LogP contribution in [0.4, 0.5) is 0 Å². The van der Waals surface area contributed by atoms with Gasteiger partial charge in [0.1, 0.15) is 5.82 Å². The molecule has 1 unspecified atom stereocenters. The van der Waals surface area contributed by atoms with Gasteiger partial charge in [-0.1, -0.05) is 17.7 Å². The van der Waals surface area contributed by atoms with Crippen LogP contribution in [-0.4, -0.2) is 62.3 Å². The number of halogens is 1. The second-order valence-electron chi connectivity index (χ2n) is 7.83. The van der Waals surface area contributed by atoms with Gasteiger partial charge in [0.2, 0.25) is 0 Å². The predicted octanol–water partition coefficient (Wildman–Crippen LogP) is 2.49. The third kappa shape index (κ3) is 5.13. The molecular weight excluding hydrogens is 460 g/mol. The van der Waals surface area contributed by atoms with Gasteiger partial charge in [-0.15, -0.1) is 0 Å². The third-order valence-corrected chi connectivity index (χ3v) is 5.66. The minimum Gasteiger partial charge on any atom is -0.493 e. The van der Waals surface area contributed by atoms with E-state index in [1.54, 1.807) is 36.0 Å². The maximum absolute atomic E-state index is 11.9. The number of benzene rings is 2. The van der Waals surface area contributed by atoms with Crippen molar-refractivity contribution in [3.8, 4) is 22.9 Å². The fourth-order valence-corrected chi connectivity index (χ4v) is 3.69. The number of ether oxygens (including phenoxy) is 2. The normalized spacial score (nSPS) is 12.0. The number of rotatable bonds is 9. The van der Waals surface area contributed by atoms with Gasteiger partial charge in [0.05, 0.1) is 29.9 Å². The zero-order valence-corrected chi connectivity index (χ0v) is 19.8. The molecule has 0 fully saturated rings. The number of H-pyrrole nitrogens is 1. The van der Waals surface area contributed by atoms with Crippen molar-refractivity contribution in [2.45, 2.75) is 19.4 Å². The van der Waals surface area contributed by atoms with E-state index in [0.717, 1.165) is 27.9 Å². The molecule has 1 amide bonds. The van der Waals surface area contributed by atoms with Crippen molar-refractivity contribution in [3.05, 3.63) is 52.9 Å². The largest absolute Gasteiger partial charge is 0.493 e. The summed E-state index contributed by atoms with van der Waals surface area (Å²) in [5.74, 6) is 1.79. The standard InChI is InChI=1S/C23H25ClN6O4/c1-13(31)10-25-21(32)12-34-18-7-5-15(8-19(18)33-3)23-27-20(30(2)29-23)9-14-4-6-17-16(22(14)24)11-26-28-17/h4-8,11,13,31H,9-10,12H2,1-3H3,(H,25,32)(H,26,28). The van der Waals surface area contributed by atoms with E-state index >= 15 is 0 Å². The van der Waals surface area contributed by atoms with Crippen LogP contribution < -0.4 is 14.8 Å². The first-order valence-electron chi connectivity index (χ1n) is 10.6. The number of fused-ring (bicyclic) bond motifs is 1. The fraction of sp³-hybridized carbons (Fsp3) is 0.304. The van der Waals surface area contributed by atoms with Crippen molar-refractivity contribution in [2.75, 3.05) is 20.3 Å². The first-order valence-corrected chi connectivity index (χ1v) is 11.0. The average molecular weight is 485 g/mol. The number of aliphatic hydroxyl groups excluding tert-OH is 1. The van der Waals surface area contributed by atoms with E-state index in [0.29, 0.717) is 28.8 Å². The fourth-order valence-electron chi connectivity index (χ4n) is 3.41. The number of aromatic nitrogens is 5. The van der Waals surface area contributed by atoms with E-state index in [9.17, 15) is 9.90 Å². The lowest BCUT2D eigenvalue weighted by Crippen LogP contribution is -2.34. The van der Waals surface area contributed by atoms with E-state index in [1.165, 1.54) is 7.11 Å². The molecule has 3 N–H and O–H groups in total. The molecular formula is C23H25ClN6O4. The van der Waals surface area contributed by atoms with Gasteiger partial charge >= 0.3 is 0 Å². The number of nitrogens with zero attached hydrogens (tertiary/aromatic N) is 4. The number of amides is 1. The Morgan fingerprint density at radius 1 is 1.29 bits per heavy atom. The van der Waals surface area contributed by atoms with E-state index in [1.807, 2.05) is 19.2 Å². The Morgan fingerprint density at radius 2 is 2.12 bits per heavy atom. The Labute approximate surface area is 200 Å². The molecule has 4 aromatic rings. The highest BCUT2D eigenvalue weighted by atomic mass is 35.5. The zero-order valence-electron chi connectivity index (χ0n) is 19.0. The van der Waals surface area contributed by atoms with Crippen LogP contribution in [0.5, 0.6) is 11.5 Å². The molecule has 4 rings (SSSR count). The predicted molar refractivity (Wildman–Crippen MR) is 127 cm³/mol. The molecule has 2 aromatic heterocycles. The summed E-state index contributed by atoms with van der Waals surface area (Å²) in [6, 6.07) is 9.15. The van der Waals surface area contributed by atoms with E-state index in [4.69, 9.17) is 21.1 Å². The second-order valence-corrected chi connectivity index (χ2v) is 8.21. The molecule has 10 nitrogen and oxygen atoms in total. The average Bonchev–Trinajstić information content (AvgIpc) is 3.45. The lowest BCUT2D eigenvalue weighted by atomic mass is 10.1. The van der Waals surface area contributed by atoms with Crippen LogP contribution in [0.2, 0.25) is 5.02 Å². The van der Waals surface area contributed by atoms with Crippen molar-refractivity contribution in [1.29, 1.82) is 0 Å². The molecule has 0 spiro atoms. The van der Waals surface area contributed by atoms with Gasteiger partial charge in [-0.25, -0.2) is 4.98 Å². The Bertz CT molecular complexity index is 1320. The molecule has 0 aliphatic heterocycles. The van der Waals surface area contributed by atoms with Crippen molar-refractivity contribution >= 4 is 28.4 Å². The van der Waals surface area contributed by atoms with Crippen LogP contribution in [-0.2, 0) is 18.3 Å². The SMILES string of the molecule is COc1cc(-c2nc(Cc3ccc4[nH]ncc4c3Cl)n(C)n2)ccc1OCC(=O)NCC(C)O. The second kappa shape index (κ2) is 10.1. The van der Waals surface area contributed by atoms with Crippen LogP contribution in [0.3, 0.4) is 0 Å². The van der Waals surface area contributed by atoms with Crippen molar-refractivity contribution in [1.82, 2.24) is 30.3 Å². The summed E-state index contributed by atoms with van der Waals surface area (Å²) >= 11 is 6.56. The summed E-state index contributed by atoms with van der Waals surface area (Å²) in [5.41, 5.74) is 2.54. The van der Waals surface area contributed by atoms with Crippen LogP contribution in [0.25, 0.3) is 22.3 Å². The zero-order chi connectivity index (χ0) is 24.2. The van der Waals surface area contributed by atoms with Crippen LogP contribution in [0, 0.1) is 0 Å². The number of aryl methyl sites for hydroxylation is 1. The van der Waals surface area contributed by atoms with Gasteiger partial charge < -0.3 is 19.9 Å². The molecule has 11 heteroatoms. The quantitative estimate of drug-likeness (QED) is 0.333. The number of methoxy groups -OCH3 is 1. The molecule has 0 aliphatic carbocycles. The smallest absolute Gasteiger partial charge is 0.258 e. The maximum atomic E-state index is 11.9. The van der Waals surface area contributed by atoms with Crippen LogP contribution in [0.15, 0.2) is 36.5 Å². The number of hydrogen-bond donors (Lipinski definition) is 3. The molecule has 0 saturated heterocycles. The number of aromatic amines is 1. The minimum absolute atomic E-state index is 0.160. The number of hydrogen-bond acceptors (Lipinski definition) is 7. The number of nitrogens with one attached hydrogen (secondary N) is 2. The summed E-state index contributed by atoms with van der Waals surface area (Å²) < 4.78 is 12.7. The van der Waals surface area contributed by atoms with Crippen molar-refractivity contribution in [2.24, 2.45) is 7.05 Å². The topological polar surface area (TPSA) is 127 Å². The number of aliphatic hydroxyl groups is 1. The molecule has 1 atom stereocenters. The summed E-state index contributed by atoms with van der Waals surface area (Å²) in [4.78, 5) is 16.5. The van der Waals surface area contributed by atoms with E-state index in [-0.39, 0.29) is 19.1 Å². The molecule has 0 radical (unpaired) electrons. The lowest BCUT2D eigenvalue weighted by Gasteiger charge is -2.12. The van der Waals surface area contributed by atoms with Gasteiger partial charge in [0, 0.05) is 31.0 Å². The molecule has 2 aromatic carbocycles. The summed E-state index contributed by atoms with van der Waals surface area (Å²) in [5, 5.41) is 24.8. The van der Waals surface area contributed by atoms with Gasteiger partial charge in [0.25, 0.3) is 5.91 Å². The molecule has 2 heterocycles. The number of carbonyl (C=O) groups is 1. The molecule has 178 valence electrons. The maximum Gasteiger partial charge on any atom is 0.258 e. The Hall–Kier alpha value is -3.63. The lowest BCUT2D eigenvalue weighted by molar-refractivity contribution is -0.123. The summed E-state index contributed by atoms with van der Waals surface area (Å²) in [6.45, 7) is 1.55. The first kappa shape index (κ1) is 23.5. The van der Waals surface area contributed by atoms with Crippen LogP contribution in [0.1, 0.15) is 18.3 Å². The van der Waals surface area contributed by atoms with Gasteiger partial charge in [-0.3, -0.25) is 14.6 Å². The summed E-state index contributed by atoms with van der Waals surface area (Å²) in [7, 11) is 3.35. The Kier molecular flexibility index (Phi) is 6.99. The highest BCUT2D eigenvalue weighted by Gasteiger charge is 2.16. The van der Waals surface area contributed by atoms with Crippen LogP contribution >= 0.6 is 11.6 Å². The summed E-state index contributed by atoms with van der Waals surface area (Å²) in [6.07, 6.45) is 1.58.